The number of morpholine rings is 1. The highest BCUT2D eigenvalue weighted by Crippen LogP contribution is 2.19. The molecule has 1 aliphatic heterocycles. The van der Waals surface area contributed by atoms with Gasteiger partial charge in [0.05, 0.1) is 25.6 Å². The van der Waals surface area contributed by atoms with E-state index in [2.05, 4.69) is 20.2 Å². The van der Waals surface area contributed by atoms with Gasteiger partial charge in [-0.15, -0.1) is 5.10 Å². The van der Waals surface area contributed by atoms with Crippen LogP contribution in [0.15, 0.2) is 24.5 Å². The molecule has 3 rings (SSSR count). The van der Waals surface area contributed by atoms with Crippen molar-refractivity contribution in [3.05, 3.63) is 24.5 Å². The van der Waals surface area contributed by atoms with Gasteiger partial charge in [0.25, 0.3) is 0 Å². The maximum absolute atomic E-state index is 5.91. The van der Waals surface area contributed by atoms with E-state index in [4.69, 9.17) is 10.5 Å². The monoisotopic (exact) mass is 246 g/mol. The average molecular weight is 246 g/mol. The number of aromatic nitrogens is 4. The van der Waals surface area contributed by atoms with E-state index in [1.54, 1.807) is 23.1 Å². The third kappa shape index (κ3) is 2.12. The maximum Gasteiger partial charge on any atom is 0.159 e. The summed E-state index contributed by atoms with van der Waals surface area (Å²) in [5.41, 5.74) is 6.58. The zero-order valence-corrected chi connectivity index (χ0v) is 9.86. The number of pyridine rings is 1. The second-order valence-corrected chi connectivity index (χ2v) is 4.06. The number of hydrogen-bond acceptors (Lipinski definition) is 6. The molecule has 0 saturated carbocycles. The molecular weight excluding hydrogens is 232 g/mol. The fourth-order valence-corrected chi connectivity index (χ4v) is 1.92. The summed E-state index contributed by atoms with van der Waals surface area (Å²) < 4.78 is 6.92. The average Bonchev–Trinajstić information content (AvgIpc) is 2.93. The van der Waals surface area contributed by atoms with Gasteiger partial charge in [-0.3, -0.25) is 0 Å². The number of ether oxygens (including phenoxy) is 1. The SMILES string of the molecule is Nc1cc(N2CCOCC2)nc(-n2ccnn2)c1. The quantitative estimate of drug-likeness (QED) is 0.808. The lowest BCUT2D eigenvalue weighted by Crippen LogP contribution is -2.36. The number of nitrogen functional groups attached to an aromatic ring is 1. The molecule has 0 amide bonds. The largest absolute Gasteiger partial charge is 0.399 e. The van der Waals surface area contributed by atoms with E-state index < -0.39 is 0 Å². The van der Waals surface area contributed by atoms with Gasteiger partial charge in [-0.05, 0) is 0 Å². The molecule has 3 heterocycles. The van der Waals surface area contributed by atoms with Crippen LogP contribution in [0.4, 0.5) is 11.5 Å². The molecule has 0 aliphatic carbocycles. The smallest absolute Gasteiger partial charge is 0.159 e. The summed E-state index contributed by atoms with van der Waals surface area (Å²) in [5.74, 6) is 1.53. The van der Waals surface area contributed by atoms with Crippen molar-refractivity contribution in [1.29, 1.82) is 0 Å². The molecule has 0 unspecified atom stereocenters. The van der Waals surface area contributed by atoms with E-state index in [9.17, 15) is 0 Å². The van der Waals surface area contributed by atoms with Gasteiger partial charge in [0.15, 0.2) is 5.82 Å². The summed E-state index contributed by atoms with van der Waals surface area (Å²) in [6.45, 7) is 3.09. The van der Waals surface area contributed by atoms with Gasteiger partial charge >= 0.3 is 0 Å². The van der Waals surface area contributed by atoms with E-state index >= 15 is 0 Å². The van der Waals surface area contributed by atoms with Crippen LogP contribution in [0, 0.1) is 0 Å². The summed E-state index contributed by atoms with van der Waals surface area (Å²) in [4.78, 5) is 6.70. The molecule has 0 aromatic carbocycles. The van der Waals surface area contributed by atoms with Crippen LogP contribution >= 0.6 is 0 Å². The molecule has 1 saturated heterocycles. The minimum atomic E-state index is 0.664. The van der Waals surface area contributed by atoms with E-state index in [-0.39, 0.29) is 0 Å². The van der Waals surface area contributed by atoms with Crippen molar-refractivity contribution in [2.75, 3.05) is 36.9 Å². The summed E-state index contributed by atoms with van der Waals surface area (Å²) in [6.07, 6.45) is 3.35. The Hall–Kier alpha value is -2.15. The normalized spacial score (nSPS) is 15.9. The van der Waals surface area contributed by atoms with E-state index in [0.29, 0.717) is 11.5 Å². The Morgan fingerprint density at radius 2 is 1.94 bits per heavy atom. The first-order valence-corrected chi connectivity index (χ1v) is 5.80. The van der Waals surface area contributed by atoms with Crippen molar-refractivity contribution in [3.8, 4) is 5.82 Å². The lowest BCUT2D eigenvalue weighted by atomic mass is 10.3. The molecule has 2 N–H and O–H groups in total. The van der Waals surface area contributed by atoms with Crippen LogP contribution in [0.2, 0.25) is 0 Å². The van der Waals surface area contributed by atoms with Crippen LogP contribution in [-0.2, 0) is 4.74 Å². The number of nitrogens with zero attached hydrogens (tertiary/aromatic N) is 5. The summed E-state index contributed by atoms with van der Waals surface area (Å²) in [6, 6.07) is 3.64. The van der Waals surface area contributed by atoms with Gasteiger partial charge in [-0.25, -0.2) is 9.67 Å². The topological polar surface area (TPSA) is 82.1 Å². The molecule has 0 spiro atoms. The molecule has 0 atom stereocenters. The number of rotatable bonds is 2. The van der Waals surface area contributed by atoms with Crippen LogP contribution in [0.3, 0.4) is 0 Å². The Balaban J connectivity index is 1.95. The summed E-state index contributed by atoms with van der Waals surface area (Å²) >= 11 is 0. The van der Waals surface area contributed by atoms with Crippen LogP contribution in [0.5, 0.6) is 0 Å². The Morgan fingerprint density at radius 3 is 2.67 bits per heavy atom. The molecule has 2 aromatic rings. The van der Waals surface area contributed by atoms with Crippen molar-refractivity contribution >= 4 is 11.5 Å². The first kappa shape index (κ1) is 11.0. The van der Waals surface area contributed by atoms with Crippen LogP contribution < -0.4 is 10.6 Å². The molecule has 94 valence electrons. The van der Waals surface area contributed by atoms with Gasteiger partial charge in [0, 0.05) is 30.9 Å². The fraction of sp³-hybridized carbons (Fsp3) is 0.364. The summed E-state index contributed by atoms with van der Waals surface area (Å²) in [7, 11) is 0. The second-order valence-electron chi connectivity index (χ2n) is 4.06. The molecule has 1 aliphatic rings. The Kier molecular flexibility index (Phi) is 2.81. The minimum Gasteiger partial charge on any atom is -0.399 e. The molecule has 2 aromatic heterocycles. The second kappa shape index (κ2) is 4.61. The zero-order valence-electron chi connectivity index (χ0n) is 9.86. The van der Waals surface area contributed by atoms with Gasteiger partial charge in [0.2, 0.25) is 0 Å². The van der Waals surface area contributed by atoms with E-state index in [1.165, 1.54) is 0 Å². The molecule has 0 bridgehead atoms. The molecule has 7 heteroatoms. The van der Waals surface area contributed by atoms with Crippen molar-refractivity contribution in [2.45, 2.75) is 0 Å². The Labute approximate surface area is 104 Å². The van der Waals surface area contributed by atoms with Gasteiger partial charge in [-0.1, -0.05) is 5.21 Å². The molecule has 0 radical (unpaired) electrons. The maximum atomic E-state index is 5.91. The van der Waals surface area contributed by atoms with Gasteiger partial charge in [0.1, 0.15) is 5.82 Å². The van der Waals surface area contributed by atoms with Crippen molar-refractivity contribution in [1.82, 2.24) is 20.0 Å². The highest BCUT2D eigenvalue weighted by atomic mass is 16.5. The molecule has 7 nitrogen and oxygen atoms in total. The van der Waals surface area contributed by atoms with Crippen molar-refractivity contribution in [2.24, 2.45) is 0 Å². The fourth-order valence-electron chi connectivity index (χ4n) is 1.92. The van der Waals surface area contributed by atoms with Crippen LogP contribution in [-0.4, -0.2) is 46.3 Å². The highest BCUT2D eigenvalue weighted by Gasteiger charge is 2.14. The van der Waals surface area contributed by atoms with Gasteiger partial charge in [-0.2, -0.15) is 0 Å². The highest BCUT2D eigenvalue weighted by molar-refractivity contribution is 5.55. The third-order valence-corrected chi connectivity index (χ3v) is 2.81. The molecular formula is C11H14N6O. The zero-order chi connectivity index (χ0) is 12.4. The Morgan fingerprint density at radius 1 is 1.17 bits per heavy atom. The third-order valence-electron chi connectivity index (χ3n) is 2.81. The lowest BCUT2D eigenvalue weighted by Gasteiger charge is -2.28. The first-order valence-electron chi connectivity index (χ1n) is 5.80. The predicted molar refractivity (Wildman–Crippen MR) is 66.6 cm³/mol. The number of nitrogens with two attached hydrogens (primary N) is 1. The predicted octanol–water partition coefficient (Wildman–Crippen LogP) is 0.0811. The van der Waals surface area contributed by atoms with E-state index in [1.807, 2.05) is 6.07 Å². The van der Waals surface area contributed by atoms with Crippen molar-refractivity contribution < 1.29 is 4.74 Å². The van der Waals surface area contributed by atoms with Gasteiger partial charge < -0.3 is 15.4 Å². The van der Waals surface area contributed by atoms with Crippen LogP contribution in [0.25, 0.3) is 5.82 Å². The standard InChI is InChI=1S/C11H14N6O/c12-9-7-10(16-3-5-18-6-4-16)14-11(8-9)17-2-1-13-15-17/h1-2,7-8H,3-6H2,(H2,12,14). The van der Waals surface area contributed by atoms with Crippen LogP contribution in [0.1, 0.15) is 0 Å². The lowest BCUT2D eigenvalue weighted by molar-refractivity contribution is 0.122. The summed E-state index contributed by atoms with van der Waals surface area (Å²) in [5, 5.41) is 7.69. The first-order chi connectivity index (χ1) is 8.83. The number of anilines is 2. The molecule has 18 heavy (non-hydrogen) atoms. The molecule has 1 fully saturated rings. The Bertz CT molecular complexity index is 520. The van der Waals surface area contributed by atoms with E-state index in [0.717, 1.165) is 32.1 Å². The van der Waals surface area contributed by atoms with Crippen molar-refractivity contribution in [3.63, 3.8) is 0 Å². The number of hydrogen-bond donors (Lipinski definition) is 1. The minimum absolute atomic E-state index is 0.664.